The number of nitrogens with one attached hydrogen (secondary N) is 2. The second-order valence-electron chi connectivity index (χ2n) is 11.8. The van der Waals surface area contributed by atoms with Crippen LogP contribution in [0.3, 0.4) is 0 Å². The largest absolute Gasteiger partial charge is 0.495 e. The van der Waals surface area contributed by atoms with Crippen LogP contribution in [0.5, 0.6) is 11.5 Å². The summed E-state index contributed by atoms with van der Waals surface area (Å²) in [4.78, 5) is 27.3. The van der Waals surface area contributed by atoms with Crippen molar-refractivity contribution in [2.45, 2.75) is 71.4 Å². The average molecular weight is 672 g/mol. The number of hydrogen-bond donors (Lipinski definition) is 3. The van der Waals surface area contributed by atoms with Gasteiger partial charge in [0.2, 0.25) is 5.91 Å². The minimum Gasteiger partial charge on any atom is -0.495 e. The van der Waals surface area contributed by atoms with Crippen molar-refractivity contribution in [2.24, 2.45) is 0 Å². The van der Waals surface area contributed by atoms with Crippen LogP contribution in [0.25, 0.3) is 0 Å². The number of para-hydroxylation sites is 1. The molecule has 3 aromatic rings. The van der Waals surface area contributed by atoms with E-state index in [1.54, 1.807) is 19.2 Å². The molecule has 1 aliphatic rings. The van der Waals surface area contributed by atoms with Gasteiger partial charge in [-0.2, -0.15) is 0 Å². The van der Waals surface area contributed by atoms with Crippen LogP contribution >= 0.6 is 11.6 Å². The first-order chi connectivity index (χ1) is 23.2. The molecule has 3 aromatic carbocycles. The van der Waals surface area contributed by atoms with E-state index in [-0.39, 0.29) is 30.0 Å². The zero-order chi connectivity index (χ0) is 34.5. The molecule has 3 N–H and O–H groups in total. The van der Waals surface area contributed by atoms with E-state index in [0.29, 0.717) is 23.1 Å². The topological polar surface area (TPSA) is 100 Å². The maximum Gasteiger partial charge on any atom is 0.335 e. The number of likely N-dealkylation sites (tertiary alicyclic amines) is 1. The Hall–Kier alpha value is -4.69. The fourth-order valence-corrected chi connectivity index (χ4v) is 5.95. The van der Waals surface area contributed by atoms with Crippen molar-refractivity contribution in [3.8, 4) is 11.5 Å². The van der Waals surface area contributed by atoms with E-state index in [1.165, 1.54) is 12.1 Å². The molecule has 1 aliphatic heterocycles. The molecular formula is C39H46ClN3O5. The van der Waals surface area contributed by atoms with Gasteiger partial charge in [0.25, 0.3) is 0 Å². The number of ether oxygens (including phenoxy) is 2. The molecule has 2 unspecified atom stereocenters. The van der Waals surface area contributed by atoms with Crippen molar-refractivity contribution in [3.05, 3.63) is 119 Å². The van der Waals surface area contributed by atoms with Crippen molar-refractivity contribution >= 4 is 34.9 Å². The van der Waals surface area contributed by atoms with Gasteiger partial charge in [0.05, 0.1) is 47.6 Å². The number of nitrogens with zero attached hydrogens (tertiary/aromatic N) is 1. The summed E-state index contributed by atoms with van der Waals surface area (Å²) in [6.45, 7) is 6.50. The van der Waals surface area contributed by atoms with Gasteiger partial charge in [0, 0.05) is 0 Å². The molecule has 4 rings (SSSR count). The molecule has 1 amide bonds. The number of carboxylic acid groups (broad SMARTS) is 1. The summed E-state index contributed by atoms with van der Waals surface area (Å²) in [5.41, 5.74) is 3.70. The monoisotopic (exact) mass is 671 g/mol. The van der Waals surface area contributed by atoms with Crippen LogP contribution in [0.4, 0.5) is 11.4 Å². The number of methoxy groups -OCH3 is 1. The Morgan fingerprint density at radius 2 is 1.79 bits per heavy atom. The van der Waals surface area contributed by atoms with Crippen molar-refractivity contribution < 1.29 is 24.2 Å². The predicted octanol–water partition coefficient (Wildman–Crippen LogP) is 9.11. The third kappa shape index (κ3) is 9.91. The van der Waals surface area contributed by atoms with Crippen LogP contribution < -0.4 is 20.1 Å². The molecule has 0 saturated carbocycles. The average Bonchev–Trinajstić information content (AvgIpc) is 3.52. The van der Waals surface area contributed by atoms with Crippen LogP contribution in [-0.2, 0) is 11.2 Å². The molecule has 0 aliphatic carbocycles. The highest BCUT2D eigenvalue weighted by atomic mass is 35.5. The molecule has 48 heavy (non-hydrogen) atoms. The Balaban J connectivity index is 1.52. The van der Waals surface area contributed by atoms with Crippen LogP contribution in [0.2, 0.25) is 5.02 Å². The lowest BCUT2D eigenvalue weighted by atomic mass is 10.0. The highest BCUT2D eigenvalue weighted by Gasteiger charge is 2.38. The molecule has 1 heterocycles. The Morgan fingerprint density at radius 3 is 2.48 bits per heavy atom. The third-order valence-corrected chi connectivity index (χ3v) is 8.68. The number of aromatic carboxylic acids is 1. The molecule has 9 heteroatoms. The summed E-state index contributed by atoms with van der Waals surface area (Å²) < 4.78 is 11.9. The molecule has 1 saturated heterocycles. The number of carbonyl (C=O) groups is 2. The normalized spacial score (nSPS) is 16.6. The first-order valence-electron chi connectivity index (χ1n) is 16.5. The molecule has 8 nitrogen and oxygen atoms in total. The number of allylic oxidation sites excluding steroid dienone is 4. The van der Waals surface area contributed by atoms with E-state index in [9.17, 15) is 14.7 Å². The van der Waals surface area contributed by atoms with E-state index in [2.05, 4.69) is 36.6 Å². The van der Waals surface area contributed by atoms with Gasteiger partial charge in [-0.25, -0.2) is 4.79 Å². The third-order valence-electron chi connectivity index (χ3n) is 8.35. The standard InChI is InChI=1S/C39H46ClN3O5/c1-5-7-9-15-37(41-33-14-11-10-13-32(33)40)42-34-22-16-28(24-36(34)47-4)25-38(44)43-30(19-23-35(43)27(3)12-8-6-2)26-48-31-20-17-29(18-21-31)39(45)46/h6,8,10-18,20-22,24,30,35,41-42H,5,7,9,19,23,25-26H2,1-4H3,(H,45,46)/b8-6-,27-12+,37-15-. The number of halogens is 1. The van der Waals surface area contributed by atoms with Crippen molar-refractivity contribution in [3.63, 3.8) is 0 Å². The number of carboxylic acids is 1. The summed E-state index contributed by atoms with van der Waals surface area (Å²) in [5.74, 6) is 0.996. The minimum atomic E-state index is -0.988. The number of carbonyl (C=O) groups excluding carboxylic acids is 1. The quantitative estimate of drug-likeness (QED) is 0.103. The molecular weight excluding hydrogens is 626 g/mol. The fraction of sp³-hybridized carbons (Fsp3) is 0.333. The van der Waals surface area contributed by atoms with Gasteiger partial charge in [-0.05, 0) is 99.7 Å². The van der Waals surface area contributed by atoms with Crippen molar-refractivity contribution in [1.29, 1.82) is 0 Å². The molecule has 2 atom stereocenters. The first-order valence-corrected chi connectivity index (χ1v) is 16.8. The van der Waals surface area contributed by atoms with Gasteiger partial charge in [0.1, 0.15) is 23.9 Å². The minimum absolute atomic E-state index is 0.00357. The second-order valence-corrected chi connectivity index (χ2v) is 12.2. The first kappa shape index (κ1) is 36.2. The van der Waals surface area contributed by atoms with Crippen LogP contribution in [0.15, 0.2) is 102 Å². The maximum absolute atomic E-state index is 14.1. The molecule has 0 bridgehead atoms. The Bertz CT molecular complexity index is 1630. The molecule has 0 aromatic heterocycles. The summed E-state index contributed by atoms with van der Waals surface area (Å²) in [5, 5.41) is 16.7. The highest BCUT2D eigenvalue weighted by molar-refractivity contribution is 6.33. The molecule has 1 fully saturated rings. The van der Waals surface area contributed by atoms with E-state index in [1.807, 2.05) is 66.4 Å². The van der Waals surface area contributed by atoms with Gasteiger partial charge >= 0.3 is 5.97 Å². The summed E-state index contributed by atoms with van der Waals surface area (Å²) in [6, 6.07) is 19.5. The Morgan fingerprint density at radius 1 is 1.04 bits per heavy atom. The zero-order valence-corrected chi connectivity index (χ0v) is 28.9. The number of rotatable bonds is 16. The highest BCUT2D eigenvalue weighted by Crippen LogP contribution is 2.33. The van der Waals surface area contributed by atoms with E-state index in [4.69, 9.17) is 21.1 Å². The van der Waals surface area contributed by atoms with Gasteiger partial charge in [-0.15, -0.1) is 0 Å². The smallest absolute Gasteiger partial charge is 0.335 e. The summed E-state index contributed by atoms with van der Waals surface area (Å²) in [6.07, 6.45) is 13.0. The lowest BCUT2D eigenvalue weighted by molar-refractivity contribution is -0.133. The van der Waals surface area contributed by atoms with E-state index >= 15 is 0 Å². The van der Waals surface area contributed by atoms with Gasteiger partial charge in [0.15, 0.2) is 0 Å². The number of hydrogen-bond acceptors (Lipinski definition) is 6. The SMILES string of the molecule is C/C=C\C=C(/C)C1CCC(COc2ccc(C(=O)O)cc2)N1C(=O)Cc1ccc(N/C(=C\CCCC)Nc2ccccc2Cl)c(OC)c1. The van der Waals surface area contributed by atoms with Gasteiger partial charge in [-0.1, -0.05) is 66.9 Å². The molecule has 0 spiro atoms. The van der Waals surface area contributed by atoms with Crippen molar-refractivity contribution in [1.82, 2.24) is 4.90 Å². The molecule has 0 radical (unpaired) electrons. The van der Waals surface area contributed by atoms with Crippen LogP contribution in [0.1, 0.15) is 68.8 Å². The van der Waals surface area contributed by atoms with E-state index in [0.717, 1.165) is 60.4 Å². The van der Waals surface area contributed by atoms with Crippen molar-refractivity contribution in [2.75, 3.05) is 24.4 Å². The number of benzene rings is 3. The number of amides is 1. The van der Waals surface area contributed by atoms with Gasteiger partial charge in [-0.3, -0.25) is 4.79 Å². The lowest BCUT2D eigenvalue weighted by Gasteiger charge is -2.31. The van der Waals surface area contributed by atoms with Crippen LogP contribution in [0, 0.1) is 0 Å². The number of unbranched alkanes of at least 4 members (excludes halogenated alkanes) is 2. The fourth-order valence-electron chi connectivity index (χ4n) is 5.77. The maximum atomic E-state index is 14.1. The van der Waals surface area contributed by atoms with Gasteiger partial charge < -0.3 is 30.1 Å². The van der Waals surface area contributed by atoms with Crippen LogP contribution in [-0.4, -0.2) is 47.7 Å². The predicted molar refractivity (Wildman–Crippen MR) is 194 cm³/mol. The second kappa shape index (κ2) is 18.0. The molecule has 254 valence electrons. The summed E-state index contributed by atoms with van der Waals surface area (Å²) >= 11 is 6.43. The number of anilines is 2. The van der Waals surface area contributed by atoms with E-state index < -0.39 is 5.97 Å². The Kier molecular flexibility index (Phi) is 13.6. The zero-order valence-electron chi connectivity index (χ0n) is 28.2. The summed E-state index contributed by atoms with van der Waals surface area (Å²) in [7, 11) is 1.62. The Labute approximate surface area is 289 Å². The lowest BCUT2D eigenvalue weighted by Crippen LogP contribution is -2.45.